The van der Waals surface area contributed by atoms with Crippen molar-refractivity contribution in [2.45, 2.75) is 37.8 Å². The predicted octanol–water partition coefficient (Wildman–Crippen LogP) is 2.70. The van der Waals surface area contributed by atoms with Gasteiger partial charge < -0.3 is 4.90 Å². The molecule has 1 aromatic rings. The summed E-state index contributed by atoms with van der Waals surface area (Å²) in [6, 6.07) is 6.90. The molecule has 1 aliphatic rings. The van der Waals surface area contributed by atoms with Gasteiger partial charge in [0.1, 0.15) is 0 Å². The molecular weight excluding hydrogens is 218 g/mol. The van der Waals surface area contributed by atoms with E-state index in [-0.39, 0.29) is 5.91 Å². The summed E-state index contributed by atoms with van der Waals surface area (Å²) in [5.74, 6) is 0.174. The molecule has 0 bridgehead atoms. The molecule has 16 heavy (non-hydrogen) atoms. The molecule has 0 aliphatic carbocycles. The molecule has 0 saturated carbocycles. The van der Waals surface area contributed by atoms with Crippen LogP contribution in [0.2, 0.25) is 0 Å². The number of hydrogen-bond donors (Lipinski definition) is 0. The van der Waals surface area contributed by atoms with Crippen molar-refractivity contribution in [3.05, 3.63) is 29.3 Å². The van der Waals surface area contributed by atoms with Crippen molar-refractivity contribution in [3.63, 3.8) is 0 Å². The van der Waals surface area contributed by atoms with Crippen molar-refractivity contribution >= 4 is 17.7 Å². The first kappa shape index (κ1) is 11.5. The van der Waals surface area contributed by atoms with Gasteiger partial charge in [-0.05, 0) is 42.9 Å². The molecule has 3 heteroatoms. The number of hydrogen-bond acceptors (Lipinski definition) is 2. The molecule has 1 heterocycles. The SMILES string of the molecule is CSc1ccc2c(c1)CN(C(C)=O)C(C)C2. The first-order valence-electron chi connectivity index (χ1n) is 5.55. The van der Waals surface area contributed by atoms with Crippen LogP contribution >= 0.6 is 11.8 Å². The van der Waals surface area contributed by atoms with E-state index in [0.29, 0.717) is 6.04 Å². The number of fused-ring (bicyclic) bond motifs is 1. The lowest BCUT2D eigenvalue weighted by Gasteiger charge is -2.34. The minimum absolute atomic E-state index is 0.174. The molecule has 0 aromatic heterocycles. The van der Waals surface area contributed by atoms with Crippen LogP contribution in [0.4, 0.5) is 0 Å². The molecule has 1 atom stereocenters. The van der Waals surface area contributed by atoms with Crippen LogP contribution in [0.3, 0.4) is 0 Å². The molecule has 2 rings (SSSR count). The highest BCUT2D eigenvalue weighted by molar-refractivity contribution is 7.98. The van der Waals surface area contributed by atoms with Crippen LogP contribution < -0.4 is 0 Å². The van der Waals surface area contributed by atoms with E-state index in [0.717, 1.165) is 13.0 Å². The van der Waals surface area contributed by atoms with Gasteiger partial charge in [0.05, 0.1) is 0 Å². The molecule has 0 saturated heterocycles. The maximum Gasteiger partial charge on any atom is 0.219 e. The minimum Gasteiger partial charge on any atom is -0.336 e. The van der Waals surface area contributed by atoms with Gasteiger partial charge in [-0.1, -0.05) is 6.07 Å². The van der Waals surface area contributed by atoms with E-state index in [1.807, 2.05) is 4.90 Å². The van der Waals surface area contributed by atoms with Gasteiger partial charge >= 0.3 is 0 Å². The zero-order chi connectivity index (χ0) is 11.7. The van der Waals surface area contributed by atoms with Crippen LogP contribution in [0.5, 0.6) is 0 Å². The first-order chi connectivity index (χ1) is 7.61. The molecule has 1 aliphatic heterocycles. The smallest absolute Gasteiger partial charge is 0.219 e. The Morgan fingerprint density at radius 1 is 1.44 bits per heavy atom. The molecule has 0 radical (unpaired) electrons. The molecule has 0 fully saturated rings. The van der Waals surface area contributed by atoms with E-state index in [1.54, 1.807) is 18.7 Å². The van der Waals surface area contributed by atoms with Crippen molar-refractivity contribution in [2.24, 2.45) is 0 Å². The third-order valence-electron chi connectivity index (χ3n) is 3.21. The summed E-state index contributed by atoms with van der Waals surface area (Å²) in [6.45, 7) is 4.53. The van der Waals surface area contributed by atoms with Crippen LogP contribution in [-0.2, 0) is 17.8 Å². The monoisotopic (exact) mass is 235 g/mol. The average Bonchev–Trinajstić information content (AvgIpc) is 2.27. The summed E-state index contributed by atoms with van der Waals surface area (Å²) in [5, 5.41) is 0. The lowest BCUT2D eigenvalue weighted by atomic mass is 9.95. The Morgan fingerprint density at radius 3 is 2.81 bits per heavy atom. The minimum atomic E-state index is 0.174. The summed E-state index contributed by atoms with van der Waals surface area (Å²) < 4.78 is 0. The van der Waals surface area contributed by atoms with Gasteiger partial charge in [-0.25, -0.2) is 0 Å². The molecule has 1 aromatic carbocycles. The summed E-state index contributed by atoms with van der Waals surface area (Å²) in [5.41, 5.74) is 2.70. The van der Waals surface area contributed by atoms with Crippen molar-refractivity contribution in [1.29, 1.82) is 0 Å². The van der Waals surface area contributed by atoms with Gasteiger partial charge in [0.15, 0.2) is 0 Å². The normalized spacial score (nSPS) is 19.4. The summed E-state index contributed by atoms with van der Waals surface area (Å²) in [7, 11) is 0. The van der Waals surface area contributed by atoms with Gasteiger partial charge in [0.25, 0.3) is 0 Å². The third kappa shape index (κ3) is 2.09. The Bertz CT molecular complexity index is 416. The van der Waals surface area contributed by atoms with E-state index >= 15 is 0 Å². The highest BCUT2D eigenvalue weighted by Crippen LogP contribution is 2.27. The second-order valence-corrected chi connectivity index (χ2v) is 5.21. The van der Waals surface area contributed by atoms with Gasteiger partial charge in [-0.2, -0.15) is 0 Å². The summed E-state index contributed by atoms with van der Waals surface area (Å²) >= 11 is 1.75. The van der Waals surface area contributed by atoms with Crippen molar-refractivity contribution in [1.82, 2.24) is 4.90 Å². The number of carbonyl (C=O) groups is 1. The number of benzene rings is 1. The van der Waals surface area contributed by atoms with Gasteiger partial charge in [0, 0.05) is 24.4 Å². The topological polar surface area (TPSA) is 20.3 Å². The van der Waals surface area contributed by atoms with Crippen LogP contribution in [-0.4, -0.2) is 23.1 Å². The fraction of sp³-hybridized carbons (Fsp3) is 0.462. The van der Waals surface area contributed by atoms with Crippen molar-refractivity contribution in [2.75, 3.05) is 6.26 Å². The zero-order valence-corrected chi connectivity index (χ0v) is 10.8. The number of thioether (sulfide) groups is 1. The van der Waals surface area contributed by atoms with Gasteiger partial charge in [0.2, 0.25) is 5.91 Å². The van der Waals surface area contributed by atoms with Gasteiger partial charge in [-0.15, -0.1) is 11.8 Å². The first-order valence-corrected chi connectivity index (χ1v) is 6.77. The van der Waals surface area contributed by atoms with Crippen LogP contribution in [0.25, 0.3) is 0 Å². The maximum atomic E-state index is 11.5. The summed E-state index contributed by atoms with van der Waals surface area (Å²) in [6.07, 6.45) is 3.06. The van der Waals surface area contributed by atoms with Crippen LogP contribution in [0.15, 0.2) is 23.1 Å². The Kier molecular flexibility index (Phi) is 3.24. The highest BCUT2D eigenvalue weighted by atomic mass is 32.2. The molecule has 1 unspecified atom stereocenters. The number of rotatable bonds is 1. The van der Waals surface area contributed by atoms with E-state index in [2.05, 4.69) is 31.4 Å². The number of nitrogens with zero attached hydrogens (tertiary/aromatic N) is 1. The third-order valence-corrected chi connectivity index (χ3v) is 3.93. The fourth-order valence-corrected chi connectivity index (χ4v) is 2.73. The fourth-order valence-electron chi connectivity index (χ4n) is 2.27. The second-order valence-electron chi connectivity index (χ2n) is 4.33. The Hall–Kier alpha value is -0.960. The standard InChI is InChI=1S/C13H17NOS/c1-9-6-11-4-5-13(16-3)7-12(11)8-14(9)10(2)15/h4-5,7,9H,6,8H2,1-3H3. The zero-order valence-electron chi connectivity index (χ0n) is 9.99. The number of amides is 1. The van der Waals surface area contributed by atoms with Gasteiger partial charge in [-0.3, -0.25) is 4.79 Å². The molecule has 86 valence electrons. The maximum absolute atomic E-state index is 11.5. The quantitative estimate of drug-likeness (QED) is 0.698. The van der Waals surface area contributed by atoms with Crippen molar-refractivity contribution in [3.8, 4) is 0 Å². The van der Waals surface area contributed by atoms with E-state index in [1.165, 1.54) is 16.0 Å². The molecular formula is C13H17NOS. The van der Waals surface area contributed by atoms with Crippen LogP contribution in [0.1, 0.15) is 25.0 Å². The number of carbonyl (C=O) groups excluding carboxylic acids is 1. The largest absolute Gasteiger partial charge is 0.336 e. The second kappa shape index (κ2) is 4.50. The van der Waals surface area contributed by atoms with E-state index < -0.39 is 0 Å². The lowest BCUT2D eigenvalue weighted by molar-refractivity contribution is -0.131. The predicted molar refractivity (Wildman–Crippen MR) is 67.6 cm³/mol. The Balaban J connectivity index is 2.32. The molecule has 0 spiro atoms. The Labute approximate surface area is 101 Å². The Morgan fingerprint density at radius 2 is 2.19 bits per heavy atom. The molecule has 2 nitrogen and oxygen atoms in total. The average molecular weight is 235 g/mol. The summed E-state index contributed by atoms with van der Waals surface area (Å²) in [4.78, 5) is 14.7. The lowest BCUT2D eigenvalue weighted by Crippen LogP contribution is -2.41. The van der Waals surface area contributed by atoms with Crippen LogP contribution in [0, 0.1) is 0 Å². The molecule has 1 amide bonds. The van der Waals surface area contributed by atoms with E-state index in [4.69, 9.17) is 0 Å². The van der Waals surface area contributed by atoms with E-state index in [9.17, 15) is 4.79 Å². The molecule has 0 N–H and O–H groups in total. The van der Waals surface area contributed by atoms with Crippen molar-refractivity contribution < 1.29 is 4.79 Å². The highest BCUT2D eigenvalue weighted by Gasteiger charge is 2.24.